The lowest BCUT2D eigenvalue weighted by Gasteiger charge is -2.10. The average molecular weight is 335 g/mol. The van der Waals surface area contributed by atoms with Crippen molar-refractivity contribution in [1.29, 1.82) is 0 Å². The molecule has 0 bridgehead atoms. The minimum absolute atomic E-state index is 0.0323. The number of sulfonamides is 1. The predicted molar refractivity (Wildman–Crippen MR) is 75.3 cm³/mol. The maximum Gasteiger partial charge on any atom is 0.321 e. The van der Waals surface area contributed by atoms with E-state index < -0.39 is 38.9 Å². The van der Waals surface area contributed by atoms with Crippen LogP contribution in [-0.4, -0.2) is 40.0 Å². The zero-order valence-corrected chi connectivity index (χ0v) is 12.5. The fraction of sp³-hybridized carbons (Fsp3) is 0.364. The maximum atomic E-state index is 11.6. The Morgan fingerprint density at radius 3 is 2.33 bits per heavy atom. The lowest BCUT2D eigenvalue weighted by Crippen LogP contribution is -2.41. The number of aliphatic carboxylic acids is 1. The van der Waals surface area contributed by atoms with Crippen LogP contribution in [0.1, 0.15) is 11.1 Å². The van der Waals surface area contributed by atoms with Crippen molar-refractivity contribution in [1.82, 2.24) is 4.72 Å². The fourth-order valence-electron chi connectivity index (χ4n) is 1.45. The van der Waals surface area contributed by atoms with Crippen molar-refractivity contribution >= 4 is 27.1 Å². The highest BCUT2D eigenvalue weighted by atomic mass is 32.2. The van der Waals surface area contributed by atoms with E-state index in [1.807, 2.05) is 0 Å². The summed E-state index contributed by atoms with van der Waals surface area (Å²) in [6.45, 7) is -0.0323. The Labute approximate surface area is 124 Å². The molecule has 0 fully saturated rings. The first kappa shape index (κ1) is 17.7. The van der Waals surface area contributed by atoms with Gasteiger partial charge in [0, 0.05) is 12.3 Å². The van der Waals surface area contributed by atoms with Gasteiger partial charge >= 0.3 is 5.97 Å². The first-order valence-corrected chi connectivity index (χ1v) is 8.68. The smallest absolute Gasteiger partial charge is 0.321 e. The van der Waals surface area contributed by atoms with Crippen LogP contribution in [0, 0.1) is 0 Å². The second-order valence-corrected chi connectivity index (χ2v) is 7.06. The molecule has 0 aliphatic heterocycles. The maximum absolute atomic E-state index is 11.6. The van der Waals surface area contributed by atoms with Crippen molar-refractivity contribution in [3.05, 3.63) is 35.4 Å². The van der Waals surface area contributed by atoms with Gasteiger partial charge in [0.15, 0.2) is 0 Å². The summed E-state index contributed by atoms with van der Waals surface area (Å²) in [7, 11) is -3.81. The van der Waals surface area contributed by atoms with Crippen LogP contribution in [-0.2, 0) is 38.2 Å². The van der Waals surface area contributed by atoms with Gasteiger partial charge in [0.25, 0.3) is 0 Å². The summed E-state index contributed by atoms with van der Waals surface area (Å²) >= 11 is -2.18. The third-order valence-corrected chi connectivity index (χ3v) is 4.47. The molecule has 1 unspecified atom stereocenters. The Balaban J connectivity index is 2.58. The van der Waals surface area contributed by atoms with Crippen LogP contribution >= 0.6 is 0 Å². The Kier molecular flexibility index (Phi) is 6.42. The molecule has 21 heavy (non-hydrogen) atoms. The van der Waals surface area contributed by atoms with Crippen LogP contribution in [0.25, 0.3) is 0 Å². The van der Waals surface area contributed by atoms with Crippen molar-refractivity contribution in [2.45, 2.75) is 18.3 Å². The number of nitrogens with two attached hydrogens (primary N) is 1. The molecule has 0 saturated carbocycles. The zero-order valence-electron chi connectivity index (χ0n) is 10.9. The minimum Gasteiger partial charge on any atom is -0.772 e. The molecule has 8 nitrogen and oxygen atoms in total. The van der Waals surface area contributed by atoms with Crippen LogP contribution in [0.3, 0.4) is 0 Å². The molecule has 0 spiro atoms. The van der Waals surface area contributed by atoms with Crippen molar-refractivity contribution < 1.29 is 27.1 Å². The van der Waals surface area contributed by atoms with Gasteiger partial charge in [-0.25, -0.2) is 13.1 Å². The van der Waals surface area contributed by atoms with Crippen LogP contribution in [0.15, 0.2) is 24.3 Å². The number of nitrogens with one attached hydrogen (secondary N) is 1. The van der Waals surface area contributed by atoms with Gasteiger partial charge in [-0.1, -0.05) is 35.3 Å². The number of benzene rings is 1. The molecule has 10 heteroatoms. The molecule has 0 amide bonds. The van der Waals surface area contributed by atoms with Crippen molar-refractivity contribution in [3.63, 3.8) is 0 Å². The normalized spacial score (nSPS) is 14.6. The molecule has 0 saturated heterocycles. The first-order valence-electron chi connectivity index (χ1n) is 5.79. The Morgan fingerprint density at radius 2 is 1.86 bits per heavy atom. The van der Waals surface area contributed by atoms with E-state index in [-0.39, 0.29) is 12.3 Å². The summed E-state index contributed by atoms with van der Waals surface area (Å²) in [4.78, 5) is 10.5. The largest absolute Gasteiger partial charge is 0.772 e. The minimum atomic E-state index is -3.81. The lowest BCUT2D eigenvalue weighted by molar-refractivity contribution is -0.137. The summed E-state index contributed by atoms with van der Waals surface area (Å²) < 4.78 is 46.5. The fourth-order valence-corrected chi connectivity index (χ4v) is 3.03. The summed E-state index contributed by atoms with van der Waals surface area (Å²) in [5.74, 6) is -2.22. The number of carboxylic acids is 1. The third kappa shape index (κ3) is 6.78. The van der Waals surface area contributed by atoms with Gasteiger partial charge in [-0.3, -0.25) is 9.00 Å². The molecule has 118 valence electrons. The van der Waals surface area contributed by atoms with Crippen LogP contribution in [0.5, 0.6) is 0 Å². The number of hydrogen-bond acceptors (Lipinski definition) is 6. The SMILES string of the molecule is N[C@@H](CS(=O)(=O)NCc1ccc(CS(=O)[O-])cc1)C(=O)O. The molecule has 0 heterocycles. The molecule has 1 rings (SSSR count). The summed E-state index contributed by atoms with van der Waals surface area (Å²) in [5, 5.41) is 8.57. The third-order valence-electron chi connectivity index (χ3n) is 2.52. The summed E-state index contributed by atoms with van der Waals surface area (Å²) in [6.07, 6.45) is 0. The van der Waals surface area contributed by atoms with Crippen molar-refractivity contribution in [3.8, 4) is 0 Å². The van der Waals surface area contributed by atoms with Gasteiger partial charge in [-0.05, 0) is 11.1 Å². The molecule has 1 aromatic rings. The highest BCUT2D eigenvalue weighted by molar-refractivity contribution is 7.89. The van der Waals surface area contributed by atoms with Crippen LogP contribution in [0.2, 0.25) is 0 Å². The van der Waals surface area contributed by atoms with E-state index >= 15 is 0 Å². The number of hydrogen-bond donors (Lipinski definition) is 3. The molecule has 0 aromatic heterocycles. The van der Waals surface area contributed by atoms with Gasteiger partial charge < -0.3 is 15.4 Å². The Bertz CT molecular complexity index is 614. The van der Waals surface area contributed by atoms with Gasteiger partial charge in [-0.2, -0.15) is 0 Å². The van der Waals surface area contributed by atoms with Gasteiger partial charge in [0.05, 0.1) is 5.75 Å². The van der Waals surface area contributed by atoms with Gasteiger partial charge in [0.2, 0.25) is 10.0 Å². The van der Waals surface area contributed by atoms with Crippen LogP contribution < -0.4 is 10.5 Å². The zero-order chi connectivity index (χ0) is 16.0. The lowest BCUT2D eigenvalue weighted by atomic mass is 10.1. The molecule has 0 aliphatic carbocycles. The number of rotatable bonds is 8. The summed E-state index contributed by atoms with van der Waals surface area (Å²) in [5.41, 5.74) is 6.36. The molecular formula is C11H15N2O6S2-. The number of carboxylic acid groups (broad SMARTS) is 1. The van der Waals surface area contributed by atoms with E-state index in [9.17, 15) is 22.0 Å². The molecule has 0 radical (unpaired) electrons. The molecule has 2 atom stereocenters. The van der Waals surface area contributed by atoms with Crippen molar-refractivity contribution in [2.24, 2.45) is 5.73 Å². The number of carbonyl (C=O) groups is 1. The Hall–Kier alpha value is -1.33. The van der Waals surface area contributed by atoms with Crippen molar-refractivity contribution in [2.75, 3.05) is 5.75 Å². The molecular weight excluding hydrogens is 320 g/mol. The van der Waals surface area contributed by atoms with E-state index in [0.717, 1.165) is 0 Å². The summed E-state index contributed by atoms with van der Waals surface area (Å²) in [6, 6.07) is 4.83. The van der Waals surface area contributed by atoms with E-state index in [2.05, 4.69) is 4.72 Å². The highest BCUT2D eigenvalue weighted by Gasteiger charge is 2.20. The van der Waals surface area contributed by atoms with E-state index in [0.29, 0.717) is 11.1 Å². The Morgan fingerprint density at radius 1 is 1.33 bits per heavy atom. The molecule has 1 aromatic carbocycles. The first-order chi connectivity index (χ1) is 9.69. The standard InChI is InChI=1S/C11H16N2O6S2/c12-10(11(14)15)7-21(18,19)13-5-8-1-3-9(4-2-8)6-20(16)17/h1-4,10,13H,5-7,12H2,(H,14,15)(H,16,17)/p-1/t10-/m0/s1. The average Bonchev–Trinajstić information content (AvgIpc) is 2.36. The quantitative estimate of drug-likeness (QED) is 0.510. The second kappa shape index (κ2) is 7.61. The topological polar surface area (TPSA) is 150 Å². The van der Waals surface area contributed by atoms with E-state index in [4.69, 9.17) is 10.8 Å². The highest BCUT2D eigenvalue weighted by Crippen LogP contribution is 2.06. The molecule has 0 aliphatic rings. The van der Waals surface area contributed by atoms with Gasteiger partial charge in [0.1, 0.15) is 6.04 Å². The van der Waals surface area contributed by atoms with Gasteiger partial charge in [-0.15, -0.1) is 0 Å². The second-order valence-electron chi connectivity index (χ2n) is 4.31. The van der Waals surface area contributed by atoms with Crippen LogP contribution in [0.4, 0.5) is 0 Å². The predicted octanol–water partition coefficient (Wildman–Crippen LogP) is -1.10. The monoisotopic (exact) mass is 335 g/mol. The molecule has 4 N–H and O–H groups in total. The van der Waals surface area contributed by atoms with E-state index in [1.165, 1.54) is 0 Å². The van der Waals surface area contributed by atoms with E-state index in [1.54, 1.807) is 24.3 Å².